The fraction of sp³-hybridized carbons (Fsp3) is 0.500. The SMILES string of the molecule is CC.CC.COC1CCC(N(C)Cc2ccc3[nH]c(-c4cc(N)nc5nc(C)[nH]c45)cc3c2)CC1. The summed E-state index contributed by atoms with van der Waals surface area (Å²) in [4.78, 5) is 18.1. The maximum absolute atomic E-state index is 6.04. The number of fused-ring (bicyclic) bond motifs is 2. The van der Waals surface area contributed by atoms with Gasteiger partial charge in [-0.3, -0.25) is 4.90 Å². The maximum atomic E-state index is 6.04. The van der Waals surface area contributed by atoms with Gasteiger partial charge >= 0.3 is 0 Å². The van der Waals surface area contributed by atoms with Crippen molar-refractivity contribution < 1.29 is 4.74 Å². The summed E-state index contributed by atoms with van der Waals surface area (Å²) in [6, 6.07) is 11.4. The van der Waals surface area contributed by atoms with Gasteiger partial charge in [0.2, 0.25) is 0 Å². The highest BCUT2D eigenvalue weighted by atomic mass is 16.5. The van der Waals surface area contributed by atoms with E-state index in [0.29, 0.717) is 23.6 Å². The van der Waals surface area contributed by atoms with Crippen LogP contribution in [0.4, 0.5) is 5.82 Å². The Morgan fingerprint density at radius 1 is 1.00 bits per heavy atom. The Bertz CT molecular complexity index is 1220. The first-order valence-corrected chi connectivity index (χ1v) is 13.0. The molecule has 4 N–H and O–H groups in total. The van der Waals surface area contributed by atoms with Gasteiger partial charge in [0, 0.05) is 41.9 Å². The molecule has 7 heteroatoms. The zero-order chi connectivity index (χ0) is 25.5. The van der Waals surface area contributed by atoms with Crippen molar-refractivity contribution in [2.75, 3.05) is 19.9 Å². The fourth-order valence-corrected chi connectivity index (χ4v) is 4.90. The second-order valence-electron chi connectivity index (χ2n) is 8.80. The van der Waals surface area contributed by atoms with Crippen molar-refractivity contribution in [2.45, 2.75) is 79.0 Å². The number of benzene rings is 1. The monoisotopic (exact) mass is 478 g/mol. The molecule has 0 aliphatic heterocycles. The average molecular weight is 479 g/mol. The molecule has 0 spiro atoms. The lowest BCUT2D eigenvalue weighted by Gasteiger charge is -2.34. The Kier molecular flexibility index (Phi) is 9.29. The van der Waals surface area contributed by atoms with Crippen LogP contribution in [0.5, 0.6) is 0 Å². The molecule has 1 aromatic carbocycles. The number of nitrogens with two attached hydrogens (primary N) is 1. The van der Waals surface area contributed by atoms with Gasteiger partial charge in [-0.05, 0) is 69.5 Å². The van der Waals surface area contributed by atoms with Gasteiger partial charge in [0.1, 0.15) is 11.6 Å². The van der Waals surface area contributed by atoms with Crippen LogP contribution < -0.4 is 5.73 Å². The zero-order valence-corrected chi connectivity index (χ0v) is 22.4. The van der Waals surface area contributed by atoms with Crippen molar-refractivity contribution in [3.8, 4) is 11.3 Å². The van der Waals surface area contributed by atoms with Crippen LogP contribution >= 0.6 is 0 Å². The summed E-state index contributed by atoms with van der Waals surface area (Å²) < 4.78 is 5.52. The van der Waals surface area contributed by atoms with Crippen molar-refractivity contribution in [1.29, 1.82) is 0 Å². The molecule has 7 nitrogen and oxygen atoms in total. The number of rotatable bonds is 5. The molecule has 1 aliphatic rings. The predicted octanol–water partition coefficient (Wildman–Crippen LogP) is 6.44. The number of nitrogens with zero attached hydrogens (tertiary/aromatic N) is 3. The molecule has 0 unspecified atom stereocenters. The first kappa shape index (κ1) is 26.7. The Hall–Kier alpha value is -2.90. The quantitative estimate of drug-likeness (QED) is 0.307. The summed E-state index contributed by atoms with van der Waals surface area (Å²) in [5.41, 5.74) is 12.0. The number of imidazole rings is 1. The topological polar surface area (TPSA) is 95.8 Å². The van der Waals surface area contributed by atoms with Gasteiger partial charge in [-0.1, -0.05) is 33.8 Å². The Morgan fingerprint density at radius 2 is 1.71 bits per heavy atom. The summed E-state index contributed by atoms with van der Waals surface area (Å²) in [5, 5.41) is 1.20. The lowest BCUT2D eigenvalue weighted by Crippen LogP contribution is -2.36. The number of hydrogen-bond acceptors (Lipinski definition) is 5. The Balaban J connectivity index is 0.000000815. The first-order chi connectivity index (χ1) is 17.0. The van der Waals surface area contributed by atoms with Crippen LogP contribution in [0.25, 0.3) is 33.3 Å². The number of methoxy groups -OCH3 is 1. The van der Waals surface area contributed by atoms with E-state index in [0.717, 1.165) is 47.5 Å². The molecule has 3 aromatic heterocycles. The Labute approximate surface area is 209 Å². The van der Waals surface area contributed by atoms with Crippen molar-refractivity contribution in [3.05, 3.63) is 41.7 Å². The van der Waals surface area contributed by atoms with E-state index in [9.17, 15) is 0 Å². The molecule has 0 atom stereocenters. The molecule has 4 aromatic rings. The van der Waals surface area contributed by atoms with Gasteiger partial charge in [0.05, 0.1) is 11.6 Å². The molecule has 1 aliphatic carbocycles. The number of hydrogen-bond donors (Lipinski definition) is 3. The van der Waals surface area contributed by atoms with Gasteiger partial charge in [0.15, 0.2) is 5.65 Å². The second-order valence-corrected chi connectivity index (χ2v) is 8.80. The van der Waals surface area contributed by atoms with Crippen molar-refractivity contribution >= 4 is 27.9 Å². The van der Waals surface area contributed by atoms with Crippen LogP contribution in [0.3, 0.4) is 0 Å². The number of H-pyrrole nitrogens is 2. The minimum absolute atomic E-state index is 0.437. The number of anilines is 1. The normalized spacial score (nSPS) is 17.7. The number of aryl methyl sites for hydroxylation is 1. The third kappa shape index (κ3) is 6.03. The van der Waals surface area contributed by atoms with E-state index in [-0.39, 0.29) is 0 Å². The third-order valence-corrected chi connectivity index (χ3v) is 6.61. The summed E-state index contributed by atoms with van der Waals surface area (Å²) in [6.45, 7) is 10.9. The first-order valence-electron chi connectivity index (χ1n) is 13.0. The summed E-state index contributed by atoms with van der Waals surface area (Å²) in [5.74, 6) is 1.30. The molecule has 0 bridgehead atoms. The van der Waals surface area contributed by atoms with Crippen molar-refractivity contribution in [1.82, 2.24) is 24.8 Å². The van der Waals surface area contributed by atoms with Crippen LogP contribution in [0, 0.1) is 6.92 Å². The molecule has 1 fully saturated rings. The number of aromatic nitrogens is 4. The van der Waals surface area contributed by atoms with E-state index < -0.39 is 0 Å². The molecule has 0 amide bonds. The van der Waals surface area contributed by atoms with Crippen LogP contribution in [0.2, 0.25) is 0 Å². The molecule has 0 radical (unpaired) electrons. The minimum Gasteiger partial charge on any atom is -0.384 e. The van der Waals surface area contributed by atoms with Gasteiger partial charge in [0.25, 0.3) is 0 Å². The van der Waals surface area contributed by atoms with Crippen LogP contribution in [0.15, 0.2) is 30.3 Å². The van der Waals surface area contributed by atoms with Crippen LogP contribution in [0.1, 0.15) is 64.8 Å². The van der Waals surface area contributed by atoms with E-state index in [4.69, 9.17) is 10.5 Å². The van der Waals surface area contributed by atoms with Crippen molar-refractivity contribution in [3.63, 3.8) is 0 Å². The average Bonchev–Trinajstić information content (AvgIpc) is 3.48. The van der Waals surface area contributed by atoms with Crippen LogP contribution in [-0.2, 0) is 11.3 Å². The van der Waals surface area contributed by atoms with Crippen LogP contribution in [-0.4, -0.2) is 51.1 Å². The predicted molar refractivity (Wildman–Crippen MR) is 148 cm³/mol. The second kappa shape index (κ2) is 12.2. The zero-order valence-electron chi connectivity index (χ0n) is 22.4. The Morgan fingerprint density at radius 3 is 2.40 bits per heavy atom. The van der Waals surface area contributed by atoms with Gasteiger partial charge in [-0.15, -0.1) is 0 Å². The molecule has 190 valence electrons. The lowest BCUT2D eigenvalue weighted by atomic mass is 9.92. The van der Waals surface area contributed by atoms with E-state index in [1.165, 1.54) is 23.8 Å². The highest BCUT2D eigenvalue weighted by Crippen LogP contribution is 2.31. The highest BCUT2D eigenvalue weighted by molar-refractivity contribution is 5.95. The molecule has 1 saturated carbocycles. The number of ether oxygens (including phenoxy) is 1. The minimum atomic E-state index is 0.437. The lowest BCUT2D eigenvalue weighted by molar-refractivity contribution is 0.0427. The van der Waals surface area contributed by atoms with E-state index in [1.54, 1.807) is 0 Å². The number of nitrogen functional groups attached to an aromatic ring is 1. The standard InChI is InChI=1S/C24H30N6O.2C2H6/c1-14-26-23-19(12-22(25)29-24(23)27-14)21-11-16-10-15(4-9-20(16)28-21)13-30(2)17-5-7-18(31-3)8-6-17;2*1-2/h4,9-12,17-18,28H,5-8,13H2,1-3H3,(H3,25,26,27,29);2*1-2H3. The summed E-state index contributed by atoms with van der Waals surface area (Å²) >= 11 is 0. The van der Waals surface area contributed by atoms with Gasteiger partial charge in [-0.25, -0.2) is 9.97 Å². The number of aromatic amines is 2. The highest BCUT2D eigenvalue weighted by Gasteiger charge is 2.24. The van der Waals surface area contributed by atoms with E-state index in [1.807, 2.05) is 47.8 Å². The molecule has 0 saturated heterocycles. The smallest absolute Gasteiger partial charge is 0.180 e. The third-order valence-electron chi connectivity index (χ3n) is 6.61. The molecule has 3 heterocycles. The molecular weight excluding hydrogens is 436 g/mol. The number of nitrogens with one attached hydrogen (secondary N) is 2. The summed E-state index contributed by atoms with van der Waals surface area (Å²) in [7, 11) is 4.06. The van der Waals surface area contributed by atoms with E-state index >= 15 is 0 Å². The molecule has 5 rings (SSSR count). The number of pyridine rings is 1. The fourth-order valence-electron chi connectivity index (χ4n) is 4.90. The van der Waals surface area contributed by atoms with Crippen molar-refractivity contribution in [2.24, 2.45) is 0 Å². The largest absolute Gasteiger partial charge is 0.384 e. The molecule has 35 heavy (non-hydrogen) atoms. The summed E-state index contributed by atoms with van der Waals surface area (Å²) in [6.07, 6.45) is 5.15. The molecular formula is C28H42N6O. The maximum Gasteiger partial charge on any atom is 0.180 e. The van der Waals surface area contributed by atoms with Gasteiger partial charge < -0.3 is 20.4 Å². The van der Waals surface area contributed by atoms with E-state index in [2.05, 4.69) is 56.1 Å². The van der Waals surface area contributed by atoms with Gasteiger partial charge in [-0.2, -0.15) is 0 Å².